The van der Waals surface area contributed by atoms with Crippen molar-refractivity contribution in [3.8, 4) is 11.5 Å². The molecular formula is C34H26ClF3N2O5S2. The fourth-order valence-corrected chi connectivity index (χ4v) is 11.2. The van der Waals surface area contributed by atoms with Gasteiger partial charge >= 0.3 is 11.0 Å². The summed E-state index contributed by atoms with van der Waals surface area (Å²) >= 11 is 8.69. The average molecular weight is 699 g/mol. The first-order valence-corrected chi connectivity index (χ1v) is 17.1. The molecule has 0 radical (unpaired) electrons. The zero-order chi connectivity index (χ0) is 32.8. The third-order valence-electron chi connectivity index (χ3n) is 10.0. The number of hydrogen-bond acceptors (Lipinski definition) is 7. The summed E-state index contributed by atoms with van der Waals surface area (Å²) in [5.74, 6) is -1.84. The van der Waals surface area contributed by atoms with Crippen molar-refractivity contribution in [3.63, 3.8) is 0 Å². The molecule has 2 saturated carbocycles. The highest BCUT2D eigenvalue weighted by atomic mass is 35.5. The van der Waals surface area contributed by atoms with Crippen molar-refractivity contribution in [2.45, 2.75) is 35.4 Å². The lowest BCUT2D eigenvalue weighted by Gasteiger charge is -2.43. The summed E-state index contributed by atoms with van der Waals surface area (Å²) in [6, 6.07) is 17.4. The van der Waals surface area contributed by atoms with Crippen molar-refractivity contribution in [2.75, 3.05) is 12.0 Å². The van der Waals surface area contributed by atoms with Crippen LogP contribution in [0, 0.1) is 29.6 Å². The van der Waals surface area contributed by atoms with Gasteiger partial charge in [-0.1, -0.05) is 47.2 Å². The number of rotatable bonds is 6. The molecule has 2 bridgehead atoms. The van der Waals surface area contributed by atoms with Crippen LogP contribution in [0.3, 0.4) is 0 Å². The van der Waals surface area contributed by atoms with E-state index in [9.17, 15) is 27.6 Å². The number of fused-ring (bicyclic) bond motifs is 9. The Morgan fingerprint density at radius 1 is 0.957 bits per heavy atom. The first kappa shape index (κ1) is 30.6. The lowest BCUT2D eigenvalue weighted by molar-refractivity contribution is -0.137. The average Bonchev–Trinajstić information content (AvgIpc) is 3.79. The van der Waals surface area contributed by atoms with Gasteiger partial charge in [0.25, 0.3) is 0 Å². The van der Waals surface area contributed by atoms with E-state index in [1.54, 1.807) is 31.0 Å². The van der Waals surface area contributed by atoms with Crippen molar-refractivity contribution in [3.05, 3.63) is 103 Å². The van der Waals surface area contributed by atoms with Crippen LogP contribution >= 0.6 is 34.7 Å². The second kappa shape index (κ2) is 11.2. The second-order valence-corrected chi connectivity index (χ2v) is 15.0. The highest BCUT2D eigenvalue weighted by Gasteiger charge is 2.69. The number of nitrogens with one attached hydrogen (secondary N) is 1. The number of thiazole rings is 1. The quantitative estimate of drug-likeness (QED) is 0.212. The lowest BCUT2D eigenvalue weighted by atomic mass is 9.68. The minimum Gasteiger partial charge on any atom is -0.493 e. The van der Waals surface area contributed by atoms with Gasteiger partial charge in [-0.05, 0) is 77.8 Å². The van der Waals surface area contributed by atoms with Crippen molar-refractivity contribution < 1.29 is 32.2 Å². The van der Waals surface area contributed by atoms with Gasteiger partial charge < -0.3 is 14.5 Å². The van der Waals surface area contributed by atoms with Crippen LogP contribution in [0.15, 0.2) is 76.6 Å². The molecule has 6 unspecified atom stereocenters. The Morgan fingerprint density at radius 2 is 1.70 bits per heavy atom. The van der Waals surface area contributed by atoms with Crippen LogP contribution in [-0.2, 0) is 22.4 Å². The highest BCUT2D eigenvalue weighted by Crippen LogP contribution is 2.69. The van der Waals surface area contributed by atoms with Gasteiger partial charge in [-0.15, -0.1) is 11.8 Å². The van der Waals surface area contributed by atoms with Gasteiger partial charge in [-0.2, -0.15) is 13.2 Å². The first-order chi connectivity index (χ1) is 22.5. The third-order valence-corrected chi connectivity index (χ3v) is 12.9. The number of benzene rings is 3. The van der Waals surface area contributed by atoms with Gasteiger partial charge in [0, 0.05) is 21.1 Å². The molecule has 1 N–H and O–H groups in total. The third kappa shape index (κ3) is 4.90. The molecule has 2 aliphatic heterocycles. The number of alkyl halides is 3. The van der Waals surface area contributed by atoms with Crippen molar-refractivity contribution >= 4 is 52.2 Å². The Bertz CT molecular complexity index is 1980. The van der Waals surface area contributed by atoms with Crippen molar-refractivity contribution in [1.82, 2.24) is 4.98 Å². The number of amides is 2. The highest BCUT2D eigenvalue weighted by molar-refractivity contribution is 8.00. The minimum absolute atomic E-state index is 0.0573. The molecule has 0 spiro atoms. The molecule has 2 amide bonds. The molecule has 8 rings (SSSR count). The predicted octanol–water partition coefficient (Wildman–Crippen LogP) is 7.37. The Balaban J connectivity index is 1.14. The van der Waals surface area contributed by atoms with E-state index in [1.165, 1.54) is 12.1 Å². The number of aromatic nitrogens is 1. The molecule has 3 heterocycles. The molecule has 47 heavy (non-hydrogen) atoms. The number of methoxy groups -OCH3 is 1. The number of ether oxygens (including phenoxy) is 2. The Kier molecular flexibility index (Phi) is 7.27. The molecule has 7 atom stereocenters. The van der Waals surface area contributed by atoms with Crippen molar-refractivity contribution in [1.29, 1.82) is 0 Å². The molecule has 242 valence electrons. The summed E-state index contributed by atoms with van der Waals surface area (Å²) in [5.41, 5.74) is 0.852. The van der Waals surface area contributed by atoms with Crippen LogP contribution in [-0.4, -0.2) is 29.2 Å². The minimum atomic E-state index is -4.61. The van der Waals surface area contributed by atoms with E-state index in [-0.39, 0.29) is 39.5 Å². The van der Waals surface area contributed by atoms with Gasteiger partial charge in [0.15, 0.2) is 11.5 Å². The second-order valence-electron chi connectivity index (χ2n) is 12.3. The summed E-state index contributed by atoms with van der Waals surface area (Å²) < 4.78 is 52.4. The van der Waals surface area contributed by atoms with Crippen molar-refractivity contribution in [2.24, 2.45) is 29.6 Å². The van der Waals surface area contributed by atoms with Crippen LogP contribution in [0.5, 0.6) is 11.5 Å². The molecule has 1 aromatic heterocycles. The zero-order valence-corrected chi connectivity index (χ0v) is 27.0. The summed E-state index contributed by atoms with van der Waals surface area (Å²) in [4.78, 5) is 45.1. The van der Waals surface area contributed by atoms with Crippen LogP contribution in [0.25, 0.3) is 0 Å². The SMILES string of the molecule is COc1cc([C@H]2c3sc(=O)[nH]c3SC3C4CC(C5C(=O)N(c6cccc(C(F)(F)F)c6)C(=O)C45)C32)ccc1OCc1ccc(Cl)cc1. The largest absolute Gasteiger partial charge is 0.493 e. The topological polar surface area (TPSA) is 88.7 Å². The number of imide groups is 1. The van der Waals surface area contributed by atoms with Crippen LogP contribution in [0.1, 0.15) is 33.9 Å². The molecule has 7 nitrogen and oxygen atoms in total. The van der Waals surface area contributed by atoms with Gasteiger partial charge in [-0.3, -0.25) is 19.3 Å². The Morgan fingerprint density at radius 3 is 2.43 bits per heavy atom. The summed E-state index contributed by atoms with van der Waals surface area (Å²) in [6.07, 6.45) is -3.96. The molecular weight excluding hydrogens is 673 g/mol. The van der Waals surface area contributed by atoms with E-state index in [4.69, 9.17) is 21.1 Å². The number of anilines is 1. The van der Waals surface area contributed by atoms with E-state index in [1.807, 2.05) is 30.3 Å². The molecule has 13 heteroatoms. The normalized spacial score (nSPS) is 27.5. The van der Waals surface area contributed by atoms with E-state index in [2.05, 4.69) is 4.98 Å². The maximum absolute atomic E-state index is 14.0. The predicted molar refractivity (Wildman–Crippen MR) is 171 cm³/mol. The molecule has 1 saturated heterocycles. The number of H-pyrrole nitrogens is 1. The smallest absolute Gasteiger partial charge is 0.416 e. The van der Waals surface area contributed by atoms with E-state index in [0.29, 0.717) is 29.5 Å². The number of hydrogen-bond donors (Lipinski definition) is 1. The summed E-state index contributed by atoms with van der Waals surface area (Å²) in [5, 5.41) is 1.31. The Labute approximate surface area is 280 Å². The zero-order valence-electron chi connectivity index (χ0n) is 24.6. The summed E-state index contributed by atoms with van der Waals surface area (Å²) in [7, 11) is 1.56. The van der Waals surface area contributed by atoms with Gasteiger partial charge in [-0.25, -0.2) is 0 Å². The fraction of sp³-hybridized carbons (Fsp3) is 0.324. The molecule has 4 aliphatic rings. The number of thioether (sulfide) groups is 1. The standard InChI is InChI=1S/C34H26ClF3N2O5S2/c1-44-23-11-16(7-10-22(23)45-14-15-5-8-18(35)9-6-15)24-25-20-13-21(28(25)46-30-29(24)47-33(43)39-30)27-26(20)31(41)40(32(27)42)19-4-2-3-17(12-19)34(36,37)38/h2-12,20-21,24-28H,13-14H2,1H3,(H,39,43)/t20?,21?,24-,25?,26?,27?,28?/m1/s1. The number of carbonyl (C=O) groups is 2. The van der Waals surface area contributed by atoms with Crippen LogP contribution in [0.4, 0.5) is 18.9 Å². The van der Waals surface area contributed by atoms with Gasteiger partial charge in [0.1, 0.15) is 6.61 Å². The monoisotopic (exact) mass is 698 g/mol. The summed E-state index contributed by atoms with van der Waals surface area (Å²) in [6.45, 7) is 0.298. The van der Waals surface area contributed by atoms with Crippen LogP contribution < -0.4 is 19.2 Å². The molecule has 3 aromatic carbocycles. The van der Waals surface area contributed by atoms with Gasteiger partial charge in [0.05, 0.1) is 35.2 Å². The number of aromatic amines is 1. The van der Waals surface area contributed by atoms with E-state index < -0.39 is 35.4 Å². The maximum atomic E-state index is 14.0. The van der Waals surface area contributed by atoms with Crippen LogP contribution in [0.2, 0.25) is 5.02 Å². The lowest BCUT2D eigenvalue weighted by Crippen LogP contribution is -2.42. The van der Waals surface area contributed by atoms with E-state index >= 15 is 0 Å². The maximum Gasteiger partial charge on any atom is 0.416 e. The molecule has 2 aliphatic carbocycles. The Hall–Kier alpha value is -3.74. The molecule has 3 fully saturated rings. The fourth-order valence-electron chi connectivity index (χ4n) is 8.20. The number of halogens is 4. The molecule has 4 aromatic rings. The number of carbonyl (C=O) groups excluding carboxylic acids is 2. The first-order valence-electron chi connectivity index (χ1n) is 15.0. The van der Waals surface area contributed by atoms with Gasteiger partial charge in [0.2, 0.25) is 11.8 Å². The number of nitrogens with zero attached hydrogens (tertiary/aromatic N) is 1. The van der Waals surface area contributed by atoms with E-state index in [0.717, 1.165) is 49.4 Å².